The molecule has 1 unspecified atom stereocenters. The Labute approximate surface area is 139 Å². The van der Waals surface area contributed by atoms with E-state index in [9.17, 15) is 4.79 Å². The number of hydrogen-bond donors (Lipinski definition) is 2. The first-order valence-electron chi connectivity index (χ1n) is 8.51. The van der Waals surface area contributed by atoms with Gasteiger partial charge in [0.05, 0.1) is 6.54 Å². The van der Waals surface area contributed by atoms with Crippen LogP contribution in [-0.2, 0) is 18.3 Å². The van der Waals surface area contributed by atoms with Crippen molar-refractivity contribution in [1.82, 2.24) is 20.2 Å². The molecule has 130 valence electrons. The third-order valence-corrected chi connectivity index (χ3v) is 4.28. The van der Waals surface area contributed by atoms with Gasteiger partial charge >= 0.3 is 6.09 Å². The smallest absolute Gasteiger partial charge is 0.407 e. The molecule has 1 saturated carbocycles. The van der Waals surface area contributed by atoms with E-state index in [2.05, 4.69) is 15.6 Å². The lowest BCUT2D eigenvalue weighted by Crippen LogP contribution is -2.46. The second kappa shape index (κ2) is 7.81. The van der Waals surface area contributed by atoms with E-state index in [0.29, 0.717) is 19.0 Å². The molecular weight excluding hydrogens is 292 g/mol. The molecule has 0 aromatic carbocycles. The number of ether oxygens (including phenoxy) is 1. The lowest BCUT2D eigenvalue weighted by molar-refractivity contribution is 0.0518. The van der Waals surface area contributed by atoms with Gasteiger partial charge in [-0.05, 0) is 39.5 Å². The van der Waals surface area contributed by atoms with Crippen LogP contribution in [0.1, 0.15) is 52.3 Å². The third kappa shape index (κ3) is 5.86. The van der Waals surface area contributed by atoms with Crippen LogP contribution in [0.4, 0.5) is 4.79 Å². The van der Waals surface area contributed by atoms with Crippen LogP contribution in [0.2, 0.25) is 0 Å². The summed E-state index contributed by atoms with van der Waals surface area (Å²) in [6, 6.07) is 0.252. The predicted molar refractivity (Wildman–Crippen MR) is 90.0 cm³/mol. The van der Waals surface area contributed by atoms with E-state index >= 15 is 0 Å². The summed E-state index contributed by atoms with van der Waals surface area (Å²) in [5.41, 5.74) is -0.465. The summed E-state index contributed by atoms with van der Waals surface area (Å²) < 4.78 is 7.34. The molecule has 1 atom stereocenters. The van der Waals surface area contributed by atoms with Gasteiger partial charge < -0.3 is 19.9 Å². The van der Waals surface area contributed by atoms with Crippen molar-refractivity contribution in [2.75, 3.05) is 6.54 Å². The lowest BCUT2D eigenvalue weighted by atomic mass is 9.98. The number of carbonyl (C=O) groups excluding carboxylic acids is 1. The fraction of sp³-hybridized carbons (Fsp3) is 0.765. The molecule has 1 aromatic rings. The number of nitrogens with zero attached hydrogens (tertiary/aromatic N) is 2. The lowest BCUT2D eigenvalue weighted by Gasteiger charge is -2.26. The third-order valence-electron chi connectivity index (χ3n) is 4.28. The minimum absolute atomic E-state index is 0.252. The van der Waals surface area contributed by atoms with Crippen molar-refractivity contribution in [3.63, 3.8) is 0 Å². The van der Waals surface area contributed by atoms with E-state index in [-0.39, 0.29) is 12.1 Å². The van der Waals surface area contributed by atoms with Crippen LogP contribution in [0.25, 0.3) is 0 Å². The fourth-order valence-corrected chi connectivity index (χ4v) is 3.06. The second-order valence-corrected chi connectivity index (χ2v) is 7.37. The summed E-state index contributed by atoms with van der Waals surface area (Å²) in [5.74, 6) is 1.61. The Morgan fingerprint density at radius 3 is 2.70 bits per heavy atom. The highest BCUT2D eigenvalue weighted by molar-refractivity contribution is 5.67. The number of nitrogens with one attached hydrogen (secondary N) is 2. The largest absolute Gasteiger partial charge is 0.444 e. The zero-order chi connectivity index (χ0) is 16.9. The molecular formula is C17H30N4O2. The van der Waals surface area contributed by atoms with E-state index < -0.39 is 5.60 Å². The van der Waals surface area contributed by atoms with Crippen molar-refractivity contribution < 1.29 is 9.53 Å². The molecule has 0 saturated heterocycles. The van der Waals surface area contributed by atoms with Crippen LogP contribution in [0, 0.1) is 5.92 Å². The average Bonchev–Trinajstić information content (AvgIpc) is 3.09. The number of rotatable bonds is 6. The summed E-state index contributed by atoms with van der Waals surface area (Å²) in [6.07, 6.45) is 8.39. The van der Waals surface area contributed by atoms with Gasteiger partial charge in [0.15, 0.2) is 0 Å². The summed E-state index contributed by atoms with van der Waals surface area (Å²) in [5, 5.41) is 6.48. The monoisotopic (exact) mass is 322 g/mol. The maximum atomic E-state index is 11.9. The second-order valence-electron chi connectivity index (χ2n) is 7.37. The van der Waals surface area contributed by atoms with Crippen molar-refractivity contribution in [1.29, 1.82) is 0 Å². The Morgan fingerprint density at radius 1 is 1.43 bits per heavy atom. The van der Waals surface area contributed by atoms with Gasteiger partial charge in [-0.2, -0.15) is 0 Å². The number of alkyl carbamates (subject to hydrolysis) is 1. The zero-order valence-electron chi connectivity index (χ0n) is 14.8. The maximum Gasteiger partial charge on any atom is 0.407 e. The highest BCUT2D eigenvalue weighted by Crippen LogP contribution is 2.27. The van der Waals surface area contributed by atoms with E-state index in [1.165, 1.54) is 25.7 Å². The fourth-order valence-electron chi connectivity index (χ4n) is 3.06. The minimum Gasteiger partial charge on any atom is -0.444 e. The van der Waals surface area contributed by atoms with Crippen molar-refractivity contribution in [3.8, 4) is 0 Å². The van der Waals surface area contributed by atoms with E-state index in [0.717, 1.165) is 5.82 Å². The Balaban J connectivity index is 1.87. The Hall–Kier alpha value is -1.56. The van der Waals surface area contributed by atoms with E-state index in [1.807, 2.05) is 38.6 Å². The predicted octanol–water partition coefficient (Wildman–Crippen LogP) is 2.59. The van der Waals surface area contributed by atoms with E-state index in [1.54, 1.807) is 6.20 Å². The van der Waals surface area contributed by atoms with Gasteiger partial charge in [0, 0.05) is 32.0 Å². The molecule has 1 amide bonds. The average molecular weight is 322 g/mol. The van der Waals surface area contributed by atoms with Crippen LogP contribution in [0.3, 0.4) is 0 Å². The van der Waals surface area contributed by atoms with Gasteiger partial charge in [0.1, 0.15) is 11.4 Å². The van der Waals surface area contributed by atoms with Gasteiger partial charge in [0.25, 0.3) is 0 Å². The van der Waals surface area contributed by atoms with Crippen LogP contribution >= 0.6 is 0 Å². The summed E-state index contributed by atoms with van der Waals surface area (Å²) in [4.78, 5) is 16.2. The SMILES string of the molecule is Cn1ccnc1CNC(CNC(=O)OC(C)(C)C)C1CCCC1. The summed E-state index contributed by atoms with van der Waals surface area (Å²) in [6.45, 7) is 6.92. The topological polar surface area (TPSA) is 68.2 Å². The van der Waals surface area contributed by atoms with Gasteiger partial charge in [-0.3, -0.25) is 0 Å². The summed E-state index contributed by atoms with van der Waals surface area (Å²) in [7, 11) is 1.99. The van der Waals surface area contributed by atoms with Crippen molar-refractivity contribution in [2.45, 2.75) is 64.6 Å². The molecule has 1 fully saturated rings. The van der Waals surface area contributed by atoms with Gasteiger partial charge in [-0.25, -0.2) is 9.78 Å². The highest BCUT2D eigenvalue weighted by Gasteiger charge is 2.26. The number of amides is 1. The molecule has 0 bridgehead atoms. The molecule has 6 nitrogen and oxygen atoms in total. The number of carbonyl (C=O) groups is 1. The Kier molecular flexibility index (Phi) is 6.04. The molecule has 0 spiro atoms. The molecule has 23 heavy (non-hydrogen) atoms. The Bertz CT molecular complexity index is 501. The molecule has 0 radical (unpaired) electrons. The van der Waals surface area contributed by atoms with Gasteiger partial charge in [-0.15, -0.1) is 0 Å². The number of aryl methyl sites for hydroxylation is 1. The van der Waals surface area contributed by atoms with Crippen molar-refractivity contribution >= 4 is 6.09 Å². The van der Waals surface area contributed by atoms with Crippen LogP contribution < -0.4 is 10.6 Å². The molecule has 1 aliphatic rings. The molecule has 2 rings (SSSR count). The molecule has 0 aliphatic heterocycles. The van der Waals surface area contributed by atoms with Gasteiger partial charge in [0.2, 0.25) is 0 Å². The summed E-state index contributed by atoms with van der Waals surface area (Å²) >= 11 is 0. The first kappa shape index (κ1) is 17.8. The molecule has 1 aliphatic carbocycles. The van der Waals surface area contributed by atoms with E-state index in [4.69, 9.17) is 4.74 Å². The molecule has 6 heteroatoms. The molecule has 1 aromatic heterocycles. The van der Waals surface area contributed by atoms with Crippen LogP contribution in [0.5, 0.6) is 0 Å². The normalized spacial score (nSPS) is 17.2. The molecule has 1 heterocycles. The van der Waals surface area contributed by atoms with Gasteiger partial charge in [-0.1, -0.05) is 12.8 Å². The van der Waals surface area contributed by atoms with Crippen LogP contribution in [-0.4, -0.2) is 33.8 Å². The van der Waals surface area contributed by atoms with Crippen molar-refractivity contribution in [2.24, 2.45) is 13.0 Å². The first-order chi connectivity index (χ1) is 10.8. The number of imidazole rings is 1. The Morgan fingerprint density at radius 2 is 2.13 bits per heavy atom. The first-order valence-corrected chi connectivity index (χ1v) is 8.51. The van der Waals surface area contributed by atoms with Crippen molar-refractivity contribution in [3.05, 3.63) is 18.2 Å². The minimum atomic E-state index is -0.465. The number of hydrogen-bond acceptors (Lipinski definition) is 4. The number of aromatic nitrogens is 2. The quantitative estimate of drug-likeness (QED) is 0.845. The standard InChI is InChI=1S/C17H30N4O2/c1-17(2,3)23-16(22)20-11-14(13-7-5-6-8-13)19-12-15-18-9-10-21(15)4/h9-10,13-14,19H,5-8,11-12H2,1-4H3,(H,20,22). The highest BCUT2D eigenvalue weighted by atomic mass is 16.6. The molecule has 2 N–H and O–H groups in total. The van der Waals surface area contributed by atoms with Crippen LogP contribution in [0.15, 0.2) is 12.4 Å². The zero-order valence-corrected chi connectivity index (χ0v) is 14.8. The maximum absolute atomic E-state index is 11.9.